The van der Waals surface area contributed by atoms with E-state index < -0.39 is 7.32 Å². The van der Waals surface area contributed by atoms with E-state index in [9.17, 15) is 0 Å². The highest BCUT2D eigenvalue weighted by atomic mass is 35.5. The van der Waals surface area contributed by atoms with Gasteiger partial charge in [0.1, 0.15) is 5.75 Å². The molecule has 0 unspecified atom stereocenters. The lowest BCUT2D eigenvalue weighted by molar-refractivity contribution is 0.288. The van der Waals surface area contributed by atoms with Crippen molar-refractivity contribution < 1.29 is 14.7 Å². The topological polar surface area (TPSA) is 49.7 Å². The number of fused-ring (bicyclic) bond motifs is 1. The van der Waals surface area contributed by atoms with Crippen LogP contribution in [-0.4, -0.2) is 17.4 Å². The Hall–Kier alpha value is -1.23. The number of benzene rings is 2. The average Bonchev–Trinajstić information content (AvgIpc) is 2.22. The van der Waals surface area contributed by atoms with Crippen molar-refractivity contribution in [2.45, 2.75) is 0 Å². The van der Waals surface area contributed by atoms with Crippen LogP contribution in [0.15, 0.2) is 36.4 Å². The highest BCUT2D eigenvalue weighted by Crippen LogP contribution is 2.32. The molecule has 0 aromatic heterocycles. The maximum absolute atomic E-state index is 8.68. The quantitative estimate of drug-likeness (QED) is 0.762. The van der Waals surface area contributed by atoms with Crippen LogP contribution < -0.4 is 4.65 Å². The van der Waals surface area contributed by atoms with Crippen LogP contribution in [-0.2, 0) is 0 Å². The second-order valence-corrected chi connectivity index (χ2v) is 3.42. The summed E-state index contributed by atoms with van der Waals surface area (Å²) < 4.78 is 4.73. The number of rotatable bonds is 2. The molecule has 0 bridgehead atoms. The number of hydrogen-bond donors (Lipinski definition) is 2. The Labute approximate surface area is 92.0 Å². The fraction of sp³-hybridized carbons (Fsp3) is 0. The zero-order chi connectivity index (χ0) is 10.8. The van der Waals surface area contributed by atoms with E-state index in [0.717, 1.165) is 10.8 Å². The van der Waals surface area contributed by atoms with Crippen LogP contribution >= 0.6 is 11.6 Å². The van der Waals surface area contributed by atoms with Crippen molar-refractivity contribution in [1.82, 2.24) is 0 Å². The smallest absolute Gasteiger partial charge is 0.511 e. The van der Waals surface area contributed by atoms with E-state index in [1.165, 1.54) is 0 Å². The lowest BCUT2D eigenvalue weighted by Crippen LogP contribution is -2.20. The summed E-state index contributed by atoms with van der Waals surface area (Å²) in [5.74, 6) is 0.255. The first-order chi connectivity index (χ1) is 7.18. The molecule has 2 rings (SSSR count). The Bertz CT molecular complexity index is 487. The normalized spacial score (nSPS) is 10.3. The second kappa shape index (κ2) is 4.10. The molecule has 0 aliphatic heterocycles. The SMILES string of the molecule is OB(O)Oc1ccc2ccccc2c1Cl. The predicted molar refractivity (Wildman–Crippen MR) is 59.8 cm³/mol. The van der Waals surface area contributed by atoms with Gasteiger partial charge < -0.3 is 14.7 Å². The van der Waals surface area contributed by atoms with Crippen LogP contribution in [0.5, 0.6) is 5.75 Å². The summed E-state index contributed by atoms with van der Waals surface area (Å²) in [6.45, 7) is 0. The Morgan fingerprint density at radius 1 is 1.07 bits per heavy atom. The first-order valence-corrected chi connectivity index (χ1v) is 4.76. The largest absolute Gasteiger partial charge is 0.707 e. The summed E-state index contributed by atoms with van der Waals surface area (Å²) in [5.41, 5.74) is 0. The van der Waals surface area contributed by atoms with E-state index in [-0.39, 0.29) is 5.75 Å². The minimum atomic E-state index is -1.86. The van der Waals surface area contributed by atoms with Gasteiger partial charge in [0.25, 0.3) is 0 Å². The molecule has 5 heteroatoms. The molecule has 2 aromatic rings. The van der Waals surface area contributed by atoms with Crippen molar-refractivity contribution in [2.75, 3.05) is 0 Å². The van der Waals surface area contributed by atoms with Crippen molar-refractivity contribution >= 4 is 29.7 Å². The average molecular weight is 222 g/mol. The van der Waals surface area contributed by atoms with Crippen molar-refractivity contribution in [1.29, 1.82) is 0 Å². The molecule has 0 atom stereocenters. The summed E-state index contributed by atoms with van der Waals surface area (Å²) in [5, 5.41) is 19.5. The van der Waals surface area contributed by atoms with Crippen LogP contribution in [0, 0.1) is 0 Å². The molecule has 2 N–H and O–H groups in total. The van der Waals surface area contributed by atoms with E-state index in [2.05, 4.69) is 0 Å². The van der Waals surface area contributed by atoms with Crippen LogP contribution in [0.3, 0.4) is 0 Å². The van der Waals surface area contributed by atoms with Gasteiger partial charge in [-0.2, -0.15) is 0 Å². The third-order valence-electron chi connectivity index (χ3n) is 2.06. The molecule has 2 aromatic carbocycles. The predicted octanol–water partition coefficient (Wildman–Crippen LogP) is 1.84. The Balaban J connectivity index is 2.55. The molecule has 0 amide bonds. The molecule has 0 aliphatic rings. The minimum Gasteiger partial charge on any atom is -0.511 e. The molecule has 0 radical (unpaired) electrons. The standard InChI is InChI=1S/C10H8BClO3/c12-10-8-4-2-1-3-7(8)5-6-9(10)15-11(13)14/h1-6,13-14H. The van der Waals surface area contributed by atoms with E-state index in [4.69, 9.17) is 26.3 Å². The van der Waals surface area contributed by atoms with Crippen molar-refractivity contribution in [2.24, 2.45) is 0 Å². The zero-order valence-corrected chi connectivity index (χ0v) is 8.48. The van der Waals surface area contributed by atoms with Crippen molar-refractivity contribution in [3.8, 4) is 5.75 Å². The molecular weight excluding hydrogens is 214 g/mol. The van der Waals surface area contributed by atoms with Gasteiger partial charge in [-0.3, -0.25) is 0 Å². The Kier molecular flexibility index (Phi) is 2.82. The highest BCUT2D eigenvalue weighted by molar-refractivity contribution is 6.39. The fourth-order valence-corrected chi connectivity index (χ4v) is 1.70. The summed E-state index contributed by atoms with van der Waals surface area (Å²) in [7, 11) is -1.86. The highest BCUT2D eigenvalue weighted by Gasteiger charge is 2.14. The molecular formula is C10H8BClO3. The first kappa shape index (κ1) is 10.3. The van der Waals surface area contributed by atoms with Gasteiger partial charge in [-0.1, -0.05) is 41.9 Å². The van der Waals surface area contributed by atoms with Crippen LogP contribution in [0.2, 0.25) is 5.02 Å². The van der Waals surface area contributed by atoms with Gasteiger partial charge in [-0.05, 0) is 11.5 Å². The van der Waals surface area contributed by atoms with Gasteiger partial charge in [0.15, 0.2) is 0 Å². The number of hydrogen-bond acceptors (Lipinski definition) is 3. The molecule has 0 fully saturated rings. The third-order valence-corrected chi connectivity index (χ3v) is 2.45. The molecule has 0 aliphatic carbocycles. The number of halogens is 1. The lowest BCUT2D eigenvalue weighted by atomic mass is 10.1. The van der Waals surface area contributed by atoms with Crippen molar-refractivity contribution in [3.63, 3.8) is 0 Å². The van der Waals surface area contributed by atoms with Gasteiger partial charge in [-0.25, -0.2) is 0 Å². The lowest BCUT2D eigenvalue weighted by Gasteiger charge is -2.08. The Morgan fingerprint density at radius 3 is 2.53 bits per heavy atom. The van der Waals surface area contributed by atoms with Gasteiger partial charge in [0, 0.05) is 5.39 Å². The first-order valence-electron chi connectivity index (χ1n) is 4.38. The van der Waals surface area contributed by atoms with Crippen LogP contribution in [0.4, 0.5) is 0 Å². The molecule has 3 nitrogen and oxygen atoms in total. The van der Waals surface area contributed by atoms with E-state index >= 15 is 0 Å². The van der Waals surface area contributed by atoms with Gasteiger partial charge in [0.05, 0.1) is 5.02 Å². The molecule has 0 saturated heterocycles. The monoisotopic (exact) mass is 222 g/mol. The summed E-state index contributed by atoms with van der Waals surface area (Å²) in [4.78, 5) is 0. The van der Waals surface area contributed by atoms with Crippen LogP contribution in [0.1, 0.15) is 0 Å². The molecule has 76 valence electrons. The van der Waals surface area contributed by atoms with E-state index in [0.29, 0.717) is 5.02 Å². The summed E-state index contributed by atoms with van der Waals surface area (Å²) in [6, 6.07) is 10.9. The zero-order valence-electron chi connectivity index (χ0n) is 7.72. The molecule has 0 saturated carbocycles. The van der Waals surface area contributed by atoms with Crippen molar-refractivity contribution in [3.05, 3.63) is 41.4 Å². The maximum Gasteiger partial charge on any atom is 0.707 e. The summed E-state index contributed by atoms with van der Waals surface area (Å²) in [6.07, 6.45) is 0. The van der Waals surface area contributed by atoms with Gasteiger partial charge in [-0.15, -0.1) is 0 Å². The van der Waals surface area contributed by atoms with E-state index in [1.807, 2.05) is 24.3 Å². The molecule has 0 heterocycles. The Morgan fingerprint density at radius 2 is 1.80 bits per heavy atom. The van der Waals surface area contributed by atoms with Crippen LogP contribution in [0.25, 0.3) is 10.8 Å². The molecule has 0 spiro atoms. The molecule has 15 heavy (non-hydrogen) atoms. The minimum absolute atomic E-state index is 0.255. The maximum atomic E-state index is 8.68. The van der Waals surface area contributed by atoms with Gasteiger partial charge in [0.2, 0.25) is 0 Å². The second-order valence-electron chi connectivity index (χ2n) is 3.04. The van der Waals surface area contributed by atoms with E-state index in [1.54, 1.807) is 12.1 Å². The van der Waals surface area contributed by atoms with Gasteiger partial charge >= 0.3 is 7.32 Å². The summed E-state index contributed by atoms with van der Waals surface area (Å²) >= 11 is 6.04. The third kappa shape index (κ3) is 2.07. The fourth-order valence-electron chi connectivity index (χ4n) is 1.42.